The van der Waals surface area contributed by atoms with E-state index in [0.29, 0.717) is 39.3 Å². The first-order valence-corrected chi connectivity index (χ1v) is 10.5. The molecule has 1 aliphatic rings. The number of nitro benzene ring substituents is 1. The Balaban J connectivity index is 1.54. The molecule has 1 aliphatic heterocycles. The lowest BCUT2D eigenvalue weighted by molar-refractivity contribution is -0.384. The van der Waals surface area contributed by atoms with Crippen molar-refractivity contribution in [3.05, 3.63) is 81.4 Å². The number of nitro groups is 1. The van der Waals surface area contributed by atoms with E-state index in [1.807, 2.05) is 6.92 Å². The second-order valence-corrected chi connectivity index (χ2v) is 7.83. The van der Waals surface area contributed by atoms with Crippen molar-refractivity contribution in [2.24, 2.45) is 0 Å². The molecule has 0 saturated carbocycles. The Morgan fingerprint density at radius 3 is 2.48 bits per heavy atom. The predicted molar refractivity (Wildman–Crippen MR) is 124 cm³/mol. The topological polar surface area (TPSA) is 85.8 Å². The lowest BCUT2D eigenvalue weighted by Gasteiger charge is -2.15. The molecule has 1 saturated heterocycles. The number of non-ortho nitro benzene ring substituents is 1. The van der Waals surface area contributed by atoms with Crippen LogP contribution in [0.25, 0.3) is 17.4 Å². The van der Waals surface area contributed by atoms with Crippen molar-refractivity contribution in [1.29, 1.82) is 0 Å². The third-order valence-electron chi connectivity index (χ3n) is 4.46. The van der Waals surface area contributed by atoms with Gasteiger partial charge in [0.1, 0.15) is 22.3 Å². The van der Waals surface area contributed by atoms with Gasteiger partial charge in [-0.1, -0.05) is 12.2 Å². The Morgan fingerprint density at radius 2 is 1.84 bits per heavy atom. The number of nitrogens with zero attached hydrogens (tertiary/aromatic N) is 2. The molecule has 0 aliphatic carbocycles. The highest BCUT2D eigenvalue weighted by molar-refractivity contribution is 8.20. The number of carbonyl (C=O) groups is 1. The first kappa shape index (κ1) is 20.8. The molecule has 1 aromatic heterocycles. The summed E-state index contributed by atoms with van der Waals surface area (Å²) in [7, 11) is 0. The summed E-state index contributed by atoms with van der Waals surface area (Å²) >= 11 is 6.56. The third kappa shape index (κ3) is 4.37. The van der Waals surface area contributed by atoms with Crippen molar-refractivity contribution in [2.75, 3.05) is 11.5 Å². The number of carbonyl (C=O) groups excluding carboxylic acids is 1. The molecule has 3 aromatic rings. The van der Waals surface area contributed by atoms with Crippen molar-refractivity contribution in [3.8, 4) is 17.1 Å². The van der Waals surface area contributed by atoms with Gasteiger partial charge in [0, 0.05) is 17.7 Å². The van der Waals surface area contributed by atoms with Crippen LogP contribution in [0.4, 0.5) is 16.2 Å². The van der Waals surface area contributed by atoms with Crippen molar-refractivity contribution in [3.63, 3.8) is 0 Å². The van der Waals surface area contributed by atoms with E-state index in [1.54, 1.807) is 54.6 Å². The Hall–Kier alpha value is -3.43. The number of benzene rings is 2. The molecule has 0 unspecified atom stereocenters. The van der Waals surface area contributed by atoms with Crippen LogP contribution < -0.4 is 9.64 Å². The Kier molecular flexibility index (Phi) is 5.88. The second-order valence-electron chi connectivity index (χ2n) is 6.45. The molecule has 9 heteroatoms. The number of rotatable bonds is 6. The van der Waals surface area contributed by atoms with Crippen LogP contribution in [0.3, 0.4) is 0 Å². The maximum Gasteiger partial charge on any atom is 0.296 e. The highest BCUT2D eigenvalue weighted by atomic mass is 32.2. The van der Waals surface area contributed by atoms with E-state index in [4.69, 9.17) is 21.4 Å². The molecule has 0 N–H and O–H groups in total. The summed E-state index contributed by atoms with van der Waals surface area (Å²) in [6, 6.07) is 16.8. The number of thiocarbonyl (C=S) groups is 1. The number of hydrogen-bond donors (Lipinski definition) is 0. The van der Waals surface area contributed by atoms with E-state index < -0.39 is 4.92 Å². The highest BCUT2D eigenvalue weighted by Crippen LogP contribution is 2.37. The summed E-state index contributed by atoms with van der Waals surface area (Å²) in [5, 5.41) is 10.6. The van der Waals surface area contributed by atoms with E-state index >= 15 is 0 Å². The number of furan rings is 1. The summed E-state index contributed by atoms with van der Waals surface area (Å²) in [5.41, 5.74) is 1.39. The molecule has 0 bridgehead atoms. The Bertz CT molecular complexity index is 1180. The summed E-state index contributed by atoms with van der Waals surface area (Å²) in [6.07, 6.45) is 1.72. The molecule has 0 atom stereocenters. The molecule has 4 rings (SSSR count). The smallest absolute Gasteiger partial charge is 0.296 e. The average Bonchev–Trinajstić information content (AvgIpc) is 3.34. The van der Waals surface area contributed by atoms with Crippen LogP contribution in [0.1, 0.15) is 12.7 Å². The molecule has 2 aromatic carbocycles. The number of ether oxygens (including phenoxy) is 1. The summed E-state index contributed by atoms with van der Waals surface area (Å²) in [4.78, 5) is 25.4. The molecule has 7 nitrogen and oxygen atoms in total. The van der Waals surface area contributed by atoms with Gasteiger partial charge in [0.25, 0.3) is 10.9 Å². The van der Waals surface area contributed by atoms with Crippen LogP contribution in [0.15, 0.2) is 70.0 Å². The average molecular weight is 453 g/mol. The lowest BCUT2D eigenvalue weighted by atomic mass is 10.1. The lowest BCUT2D eigenvalue weighted by Crippen LogP contribution is -2.26. The van der Waals surface area contributed by atoms with Crippen LogP contribution in [-0.4, -0.2) is 21.8 Å². The van der Waals surface area contributed by atoms with Crippen molar-refractivity contribution in [1.82, 2.24) is 0 Å². The standard InChI is InChI=1S/C22H16N2O5S2/c1-2-28-17-9-7-15(8-10-17)23-21(30)20(31-22(23)25)13-18-11-12-19(29-18)14-3-5-16(6-4-14)24(26)27/h3-13H,2H2,1H3/b20-13-. The summed E-state index contributed by atoms with van der Waals surface area (Å²) in [6.45, 7) is 2.47. The van der Waals surface area contributed by atoms with Gasteiger partial charge in [-0.15, -0.1) is 0 Å². The monoisotopic (exact) mass is 452 g/mol. The van der Waals surface area contributed by atoms with Gasteiger partial charge in [0.15, 0.2) is 0 Å². The van der Waals surface area contributed by atoms with Gasteiger partial charge < -0.3 is 9.15 Å². The zero-order chi connectivity index (χ0) is 22.0. The normalized spacial score (nSPS) is 15.0. The zero-order valence-corrected chi connectivity index (χ0v) is 17.9. The van der Waals surface area contributed by atoms with Gasteiger partial charge in [-0.2, -0.15) is 0 Å². The molecular weight excluding hydrogens is 436 g/mol. The second kappa shape index (κ2) is 8.75. The predicted octanol–water partition coefficient (Wildman–Crippen LogP) is 6.30. The van der Waals surface area contributed by atoms with Crippen LogP contribution >= 0.6 is 24.0 Å². The molecule has 1 amide bonds. The van der Waals surface area contributed by atoms with Gasteiger partial charge >= 0.3 is 0 Å². The fourth-order valence-electron chi connectivity index (χ4n) is 3.01. The van der Waals surface area contributed by atoms with Crippen LogP contribution in [-0.2, 0) is 0 Å². The van der Waals surface area contributed by atoms with E-state index in [9.17, 15) is 14.9 Å². The number of hydrogen-bond acceptors (Lipinski definition) is 7. The van der Waals surface area contributed by atoms with Crippen LogP contribution in [0, 0.1) is 10.1 Å². The van der Waals surface area contributed by atoms with Crippen molar-refractivity contribution < 1.29 is 18.9 Å². The Labute approximate surface area is 187 Å². The molecule has 0 spiro atoms. The third-order valence-corrected chi connectivity index (χ3v) is 5.88. The van der Waals surface area contributed by atoms with Gasteiger partial charge in [0.2, 0.25) is 0 Å². The Morgan fingerprint density at radius 1 is 1.13 bits per heavy atom. The van der Waals surface area contributed by atoms with Crippen molar-refractivity contribution >= 4 is 51.7 Å². The maximum absolute atomic E-state index is 12.6. The van der Waals surface area contributed by atoms with E-state index in [1.165, 1.54) is 17.0 Å². The molecule has 156 valence electrons. The number of amides is 1. The van der Waals surface area contributed by atoms with Gasteiger partial charge in [-0.3, -0.25) is 19.8 Å². The molecule has 0 radical (unpaired) electrons. The zero-order valence-electron chi connectivity index (χ0n) is 16.3. The minimum atomic E-state index is -0.451. The molecule has 2 heterocycles. The largest absolute Gasteiger partial charge is 0.494 e. The minimum absolute atomic E-state index is 0.0123. The fourth-order valence-corrected chi connectivity index (χ4v) is 4.27. The molecule has 31 heavy (non-hydrogen) atoms. The number of thioether (sulfide) groups is 1. The van der Waals surface area contributed by atoms with E-state index in [2.05, 4.69) is 0 Å². The number of anilines is 1. The SMILES string of the molecule is CCOc1ccc(N2C(=O)S/C(=C\c3ccc(-c4ccc([N+](=O)[O-])cc4)o3)C2=S)cc1. The van der Waals surface area contributed by atoms with Crippen molar-refractivity contribution in [2.45, 2.75) is 6.92 Å². The first-order valence-electron chi connectivity index (χ1n) is 9.31. The minimum Gasteiger partial charge on any atom is -0.494 e. The van der Waals surface area contributed by atoms with Gasteiger partial charge in [-0.05, 0) is 73.3 Å². The quantitative estimate of drug-likeness (QED) is 0.188. The van der Waals surface area contributed by atoms with Crippen LogP contribution in [0.2, 0.25) is 0 Å². The van der Waals surface area contributed by atoms with Gasteiger partial charge in [-0.25, -0.2) is 0 Å². The molecular formula is C22H16N2O5S2. The highest BCUT2D eigenvalue weighted by Gasteiger charge is 2.33. The summed E-state index contributed by atoms with van der Waals surface area (Å²) in [5.74, 6) is 1.81. The summed E-state index contributed by atoms with van der Waals surface area (Å²) < 4.78 is 11.3. The van der Waals surface area contributed by atoms with E-state index in [0.717, 1.165) is 17.5 Å². The molecule has 1 fully saturated rings. The van der Waals surface area contributed by atoms with E-state index in [-0.39, 0.29) is 10.9 Å². The van der Waals surface area contributed by atoms with Gasteiger partial charge in [0.05, 0.1) is 22.1 Å². The first-order chi connectivity index (χ1) is 15.0. The van der Waals surface area contributed by atoms with Crippen LogP contribution in [0.5, 0.6) is 5.75 Å². The maximum atomic E-state index is 12.6. The fraction of sp³-hybridized carbons (Fsp3) is 0.0909.